The molecule has 1 nitrogen and oxygen atoms in total. The molecule has 86 valence electrons. The molecule has 1 aliphatic carbocycles. The molecule has 1 fully saturated rings. The van der Waals surface area contributed by atoms with Crippen molar-refractivity contribution in [2.24, 2.45) is 16.8 Å². The maximum Gasteiger partial charge on any atom is 0.0587 e. The standard InChI is InChI=1S/C15H21N/c1-11-7-9-13(3)16-15-12(2)5-4-6-14(15)10-8-11/h7,12-14H,4-6,9H2,1-3H3/b11-7+,16-15?/t12-,13+,14?/m0/s1. The number of rotatable bonds is 0. The third-order valence-corrected chi connectivity index (χ3v) is 3.57. The van der Waals surface area contributed by atoms with Gasteiger partial charge in [-0.05, 0) is 44.6 Å². The highest BCUT2D eigenvalue weighted by Gasteiger charge is 2.25. The fourth-order valence-electron chi connectivity index (χ4n) is 2.54. The van der Waals surface area contributed by atoms with E-state index in [4.69, 9.17) is 4.99 Å². The van der Waals surface area contributed by atoms with Gasteiger partial charge in [0.2, 0.25) is 0 Å². The van der Waals surface area contributed by atoms with Crippen LogP contribution in [0, 0.1) is 23.7 Å². The minimum Gasteiger partial charge on any atom is -0.289 e. The van der Waals surface area contributed by atoms with Crippen LogP contribution in [0.3, 0.4) is 0 Å². The van der Waals surface area contributed by atoms with Crippen LogP contribution < -0.4 is 0 Å². The quantitative estimate of drug-likeness (QED) is 0.547. The normalized spacial score (nSPS) is 37.6. The molecule has 0 aromatic rings. The highest BCUT2D eigenvalue weighted by molar-refractivity contribution is 5.92. The summed E-state index contributed by atoms with van der Waals surface area (Å²) in [5.74, 6) is 7.77. The van der Waals surface area contributed by atoms with Crippen molar-refractivity contribution in [3.63, 3.8) is 0 Å². The summed E-state index contributed by atoms with van der Waals surface area (Å²) in [5, 5.41) is 0. The van der Waals surface area contributed by atoms with Crippen LogP contribution in [0.1, 0.15) is 46.5 Å². The number of hydrogen-bond acceptors (Lipinski definition) is 1. The van der Waals surface area contributed by atoms with Crippen LogP contribution in [0.25, 0.3) is 0 Å². The molecule has 0 spiro atoms. The van der Waals surface area contributed by atoms with Crippen molar-refractivity contribution >= 4 is 5.71 Å². The lowest BCUT2D eigenvalue weighted by Crippen LogP contribution is -2.27. The van der Waals surface area contributed by atoms with Gasteiger partial charge in [0.1, 0.15) is 0 Å². The molecule has 0 bridgehead atoms. The predicted molar refractivity (Wildman–Crippen MR) is 69.6 cm³/mol. The number of fused-ring (bicyclic) bond motifs is 1. The number of hydrogen-bond donors (Lipinski definition) is 0. The van der Waals surface area contributed by atoms with Crippen LogP contribution in [0.15, 0.2) is 16.6 Å². The Morgan fingerprint density at radius 3 is 2.94 bits per heavy atom. The molecule has 1 aliphatic heterocycles. The third kappa shape index (κ3) is 2.55. The Morgan fingerprint density at radius 1 is 1.31 bits per heavy atom. The summed E-state index contributed by atoms with van der Waals surface area (Å²) >= 11 is 0. The van der Waals surface area contributed by atoms with Crippen molar-refractivity contribution in [2.75, 3.05) is 0 Å². The molecule has 1 saturated carbocycles. The lowest BCUT2D eigenvalue weighted by Gasteiger charge is -2.26. The van der Waals surface area contributed by atoms with Crippen LogP contribution in [0.2, 0.25) is 0 Å². The fourth-order valence-corrected chi connectivity index (χ4v) is 2.54. The second kappa shape index (κ2) is 4.87. The van der Waals surface area contributed by atoms with Gasteiger partial charge in [-0.1, -0.05) is 31.3 Å². The molecular weight excluding hydrogens is 194 g/mol. The fraction of sp³-hybridized carbons (Fsp3) is 0.667. The summed E-state index contributed by atoms with van der Waals surface area (Å²) < 4.78 is 0. The molecular formula is C15H21N. The van der Waals surface area contributed by atoms with Crippen LogP contribution in [-0.4, -0.2) is 11.8 Å². The maximum atomic E-state index is 4.90. The van der Waals surface area contributed by atoms with Crippen LogP contribution in [0.5, 0.6) is 0 Å². The van der Waals surface area contributed by atoms with Gasteiger partial charge in [-0.15, -0.1) is 0 Å². The topological polar surface area (TPSA) is 12.4 Å². The Morgan fingerprint density at radius 2 is 2.12 bits per heavy atom. The Kier molecular flexibility index (Phi) is 3.49. The molecule has 2 rings (SSSR count). The Balaban J connectivity index is 2.32. The van der Waals surface area contributed by atoms with E-state index in [1.165, 1.54) is 30.5 Å². The monoisotopic (exact) mass is 215 g/mol. The molecule has 2 aliphatic rings. The van der Waals surface area contributed by atoms with E-state index >= 15 is 0 Å². The zero-order valence-electron chi connectivity index (χ0n) is 10.6. The van der Waals surface area contributed by atoms with Gasteiger partial charge in [-0.25, -0.2) is 0 Å². The largest absolute Gasteiger partial charge is 0.289 e. The van der Waals surface area contributed by atoms with Crippen molar-refractivity contribution in [1.82, 2.24) is 0 Å². The molecule has 0 radical (unpaired) electrons. The van der Waals surface area contributed by atoms with E-state index in [2.05, 4.69) is 38.7 Å². The maximum absolute atomic E-state index is 4.90. The van der Waals surface area contributed by atoms with E-state index in [0.717, 1.165) is 6.42 Å². The van der Waals surface area contributed by atoms with Crippen molar-refractivity contribution < 1.29 is 0 Å². The lowest BCUT2D eigenvalue weighted by atomic mass is 9.80. The molecule has 3 atom stereocenters. The highest BCUT2D eigenvalue weighted by atomic mass is 14.8. The Hall–Kier alpha value is -1.03. The van der Waals surface area contributed by atoms with Gasteiger partial charge in [-0.3, -0.25) is 4.99 Å². The lowest BCUT2D eigenvalue weighted by molar-refractivity contribution is 0.511. The number of nitrogens with zero attached hydrogens (tertiary/aromatic N) is 1. The van der Waals surface area contributed by atoms with Gasteiger partial charge in [-0.2, -0.15) is 0 Å². The van der Waals surface area contributed by atoms with E-state index in [9.17, 15) is 0 Å². The van der Waals surface area contributed by atoms with Crippen molar-refractivity contribution in [2.45, 2.75) is 52.5 Å². The van der Waals surface area contributed by atoms with Gasteiger partial charge < -0.3 is 0 Å². The summed E-state index contributed by atoms with van der Waals surface area (Å²) in [6.45, 7) is 6.62. The van der Waals surface area contributed by atoms with Crippen molar-refractivity contribution in [3.8, 4) is 11.8 Å². The first-order valence-corrected chi connectivity index (χ1v) is 6.42. The molecule has 1 unspecified atom stereocenters. The molecule has 0 saturated heterocycles. The summed E-state index contributed by atoms with van der Waals surface area (Å²) in [7, 11) is 0. The zero-order valence-corrected chi connectivity index (χ0v) is 10.6. The van der Waals surface area contributed by atoms with Gasteiger partial charge in [0.05, 0.1) is 12.0 Å². The zero-order chi connectivity index (χ0) is 11.5. The molecule has 0 amide bonds. The van der Waals surface area contributed by atoms with E-state index in [1.54, 1.807) is 0 Å². The molecule has 1 heteroatoms. The van der Waals surface area contributed by atoms with Crippen LogP contribution in [-0.2, 0) is 0 Å². The molecule has 16 heavy (non-hydrogen) atoms. The average molecular weight is 215 g/mol. The number of aliphatic imine (C=N–C) groups is 1. The second-order valence-corrected chi connectivity index (χ2v) is 5.18. The molecule has 0 aromatic carbocycles. The average Bonchev–Trinajstić information content (AvgIpc) is 2.32. The summed E-state index contributed by atoms with van der Waals surface area (Å²) in [4.78, 5) is 4.90. The summed E-state index contributed by atoms with van der Waals surface area (Å²) in [5.41, 5.74) is 2.58. The van der Waals surface area contributed by atoms with Crippen molar-refractivity contribution in [3.05, 3.63) is 11.6 Å². The van der Waals surface area contributed by atoms with Crippen LogP contribution >= 0.6 is 0 Å². The van der Waals surface area contributed by atoms with E-state index < -0.39 is 0 Å². The van der Waals surface area contributed by atoms with E-state index in [1.807, 2.05) is 0 Å². The van der Waals surface area contributed by atoms with Gasteiger partial charge in [0.25, 0.3) is 0 Å². The molecule has 1 heterocycles. The van der Waals surface area contributed by atoms with Crippen LogP contribution in [0.4, 0.5) is 0 Å². The van der Waals surface area contributed by atoms with Gasteiger partial charge in [0, 0.05) is 5.71 Å². The first-order chi connectivity index (χ1) is 7.66. The molecule has 0 aromatic heterocycles. The van der Waals surface area contributed by atoms with Crippen molar-refractivity contribution in [1.29, 1.82) is 0 Å². The van der Waals surface area contributed by atoms with Gasteiger partial charge in [0.15, 0.2) is 0 Å². The van der Waals surface area contributed by atoms with E-state index in [-0.39, 0.29) is 0 Å². The first-order valence-electron chi connectivity index (χ1n) is 6.42. The Bertz CT molecular complexity index is 378. The highest BCUT2D eigenvalue weighted by Crippen LogP contribution is 2.27. The van der Waals surface area contributed by atoms with E-state index in [0.29, 0.717) is 17.9 Å². The van der Waals surface area contributed by atoms with Gasteiger partial charge >= 0.3 is 0 Å². The smallest absolute Gasteiger partial charge is 0.0587 e. The third-order valence-electron chi connectivity index (χ3n) is 3.57. The summed E-state index contributed by atoms with van der Waals surface area (Å²) in [6, 6.07) is 0.412. The summed E-state index contributed by atoms with van der Waals surface area (Å²) in [6.07, 6.45) is 7.05. The predicted octanol–water partition coefficient (Wildman–Crippen LogP) is 3.61. The minimum atomic E-state index is 0.412. The SMILES string of the molecule is C/C1=C\C[C@@H](C)N=C2C(C#C1)CCC[C@@H]2C. The second-order valence-electron chi connectivity index (χ2n) is 5.18. The first kappa shape index (κ1) is 11.5. The molecule has 0 N–H and O–H groups in total. The number of allylic oxidation sites excluding steroid dienone is 1. The Labute approximate surface area is 99.0 Å². The minimum absolute atomic E-state index is 0.412.